The van der Waals surface area contributed by atoms with E-state index in [-0.39, 0.29) is 6.54 Å². The molecule has 0 aliphatic rings. The van der Waals surface area contributed by atoms with Gasteiger partial charge in [0.05, 0.1) is 13.2 Å². The van der Waals surface area contributed by atoms with Gasteiger partial charge in [-0.25, -0.2) is 4.79 Å². The van der Waals surface area contributed by atoms with Gasteiger partial charge in [-0.15, -0.1) is 0 Å². The maximum Gasteiger partial charge on any atom is 0.328 e. The summed E-state index contributed by atoms with van der Waals surface area (Å²) < 4.78 is 0. The van der Waals surface area contributed by atoms with Crippen LogP contribution in [0, 0.1) is 0 Å². The Labute approximate surface area is 76.2 Å². The second-order valence-electron chi connectivity index (χ2n) is 2.88. The van der Waals surface area contributed by atoms with Gasteiger partial charge in [-0.2, -0.15) is 0 Å². The summed E-state index contributed by atoms with van der Waals surface area (Å²) in [7, 11) is 3.38. The molecule has 0 unspecified atom stereocenters. The molecule has 0 aromatic heterocycles. The zero-order valence-corrected chi connectivity index (χ0v) is 7.65. The summed E-state index contributed by atoms with van der Waals surface area (Å²) >= 11 is 0. The third kappa shape index (κ3) is 5.15. The number of nitrogens with zero attached hydrogens (tertiary/aromatic N) is 1. The molecular weight excluding hydrogens is 176 g/mol. The second-order valence-corrected chi connectivity index (χ2v) is 2.88. The Balaban J connectivity index is 3.94. The third-order valence-corrected chi connectivity index (χ3v) is 1.28. The van der Waals surface area contributed by atoms with Crippen LogP contribution in [0.25, 0.3) is 0 Å². The molecule has 0 bridgehead atoms. The first-order valence-corrected chi connectivity index (χ1v) is 3.75. The molecule has 0 rings (SSSR count). The molecule has 0 aliphatic heterocycles. The molecule has 0 radical (unpaired) electrons. The van der Waals surface area contributed by atoms with Crippen molar-refractivity contribution in [2.24, 2.45) is 0 Å². The highest BCUT2D eigenvalue weighted by Crippen LogP contribution is 1.83. The third-order valence-electron chi connectivity index (χ3n) is 1.28. The van der Waals surface area contributed by atoms with Gasteiger partial charge in [0, 0.05) is 0 Å². The minimum atomic E-state index is -1.24. The van der Waals surface area contributed by atoms with Crippen LogP contribution in [0.4, 0.5) is 0 Å². The number of nitrogens with one attached hydrogen (secondary N) is 1. The Hall–Kier alpha value is -1.14. The average Bonchev–Trinajstić information content (AvgIpc) is 1.98. The number of hydrogen-bond acceptors (Lipinski definition) is 4. The number of carbonyl (C=O) groups excluding carboxylic acids is 1. The molecule has 0 aromatic rings. The van der Waals surface area contributed by atoms with Crippen LogP contribution in [-0.4, -0.2) is 60.3 Å². The zero-order chi connectivity index (χ0) is 10.4. The lowest BCUT2D eigenvalue weighted by molar-refractivity contribution is -0.143. The van der Waals surface area contributed by atoms with Crippen LogP contribution in [0.1, 0.15) is 0 Å². The van der Waals surface area contributed by atoms with Gasteiger partial charge in [0.15, 0.2) is 0 Å². The predicted octanol–water partition coefficient (Wildman–Crippen LogP) is -1.89. The molecule has 3 N–H and O–H groups in total. The lowest BCUT2D eigenvalue weighted by Gasteiger charge is -2.13. The number of carboxylic acids is 1. The molecule has 0 fully saturated rings. The van der Waals surface area contributed by atoms with E-state index < -0.39 is 24.5 Å². The fraction of sp³-hybridized carbons (Fsp3) is 0.714. The van der Waals surface area contributed by atoms with Crippen molar-refractivity contribution in [3.05, 3.63) is 0 Å². The van der Waals surface area contributed by atoms with Crippen LogP contribution < -0.4 is 5.32 Å². The van der Waals surface area contributed by atoms with Crippen LogP contribution in [0.2, 0.25) is 0 Å². The summed E-state index contributed by atoms with van der Waals surface area (Å²) in [6.07, 6.45) is 0. The molecule has 0 saturated heterocycles. The minimum absolute atomic E-state index is 0.101. The van der Waals surface area contributed by atoms with Gasteiger partial charge in [0.25, 0.3) is 0 Å². The molecule has 0 aromatic carbocycles. The van der Waals surface area contributed by atoms with Crippen LogP contribution in [0.15, 0.2) is 0 Å². The van der Waals surface area contributed by atoms with E-state index in [4.69, 9.17) is 10.2 Å². The topological polar surface area (TPSA) is 89.9 Å². The van der Waals surface area contributed by atoms with Crippen LogP contribution in [0.5, 0.6) is 0 Å². The Kier molecular flexibility index (Phi) is 5.01. The van der Waals surface area contributed by atoms with Crippen molar-refractivity contribution in [3.8, 4) is 0 Å². The number of aliphatic carboxylic acids is 1. The van der Waals surface area contributed by atoms with Crippen molar-refractivity contribution >= 4 is 11.9 Å². The van der Waals surface area contributed by atoms with E-state index in [1.54, 1.807) is 19.0 Å². The summed E-state index contributed by atoms with van der Waals surface area (Å²) in [6, 6.07) is -1.22. The number of amides is 1. The Morgan fingerprint density at radius 2 is 2.00 bits per heavy atom. The van der Waals surface area contributed by atoms with E-state index >= 15 is 0 Å². The fourth-order valence-electron chi connectivity index (χ4n) is 0.713. The monoisotopic (exact) mass is 190 g/mol. The van der Waals surface area contributed by atoms with Crippen LogP contribution in [0.3, 0.4) is 0 Å². The smallest absolute Gasteiger partial charge is 0.328 e. The highest BCUT2D eigenvalue weighted by molar-refractivity contribution is 5.84. The van der Waals surface area contributed by atoms with Gasteiger partial charge in [-0.1, -0.05) is 0 Å². The normalized spacial score (nSPS) is 12.6. The molecule has 6 nitrogen and oxygen atoms in total. The molecule has 6 heteroatoms. The highest BCUT2D eigenvalue weighted by Gasteiger charge is 2.18. The van der Waals surface area contributed by atoms with E-state index in [2.05, 4.69) is 5.32 Å². The van der Waals surface area contributed by atoms with Crippen molar-refractivity contribution in [2.75, 3.05) is 27.2 Å². The van der Waals surface area contributed by atoms with Gasteiger partial charge in [0.2, 0.25) is 5.91 Å². The summed E-state index contributed by atoms with van der Waals surface area (Å²) in [5.74, 6) is -1.67. The van der Waals surface area contributed by atoms with Gasteiger partial charge in [0.1, 0.15) is 6.04 Å². The number of aliphatic hydroxyl groups is 1. The van der Waals surface area contributed by atoms with Crippen molar-refractivity contribution < 1.29 is 19.8 Å². The summed E-state index contributed by atoms with van der Waals surface area (Å²) in [4.78, 5) is 23.0. The largest absolute Gasteiger partial charge is 0.480 e. The first-order chi connectivity index (χ1) is 5.97. The molecule has 1 atom stereocenters. The van der Waals surface area contributed by atoms with Crippen LogP contribution in [-0.2, 0) is 9.59 Å². The van der Waals surface area contributed by atoms with E-state index in [0.717, 1.165) is 0 Å². The number of carboxylic acid groups (broad SMARTS) is 1. The van der Waals surface area contributed by atoms with Crippen molar-refractivity contribution in [1.82, 2.24) is 10.2 Å². The Morgan fingerprint density at radius 1 is 1.46 bits per heavy atom. The molecule has 0 heterocycles. The predicted molar refractivity (Wildman–Crippen MR) is 45.2 cm³/mol. The Morgan fingerprint density at radius 3 is 2.31 bits per heavy atom. The summed E-state index contributed by atoms with van der Waals surface area (Å²) in [5.41, 5.74) is 0. The zero-order valence-electron chi connectivity index (χ0n) is 7.65. The van der Waals surface area contributed by atoms with Crippen molar-refractivity contribution in [2.45, 2.75) is 6.04 Å². The van der Waals surface area contributed by atoms with Gasteiger partial charge < -0.3 is 20.4 Å². The van der Waals surface area contributed by atoms with Crippen LogP contribution >= 0.6 is 0 Å². The molecule has 13 heavy (non-hydrogen) atoms. The first-order valence-electron chi connectivity index (χ1n) is 3.75. The molecule has 0 spiro atoms. The number of carbonyl (C=O) groups is 2. The van der Waals surface area contributed by atoms with Crippen molar-refractivity contribution in [1.29, 1.82) is 0 Å². The molecule has 76 valence electrons. The van der Waals surface area contributed by atoms with E-state index in [1.165, 1.54) is 0 Å². The minimum Gasteiger partial charge on any atom is -0.480 e. The Bertz CT molecular complexity index is 193. The number of aliphatic hydroxyl groups excluding tert-OH is 1. The summed E-state index contributed by atoms with van der Waals surface area (Å²) in [5, 5.41) is 19.2. The van der Waals surface area contributed by atoms with E-state index in [0.29, 0.717) is 0 Å². The average molecular weight is 190 g/mol. The van der Waals surface area contributed by atoms with E-state index in [1.807, 2.05) is 0 Å². The number of rotatable bonds is 5. The van der Waals surface area contributed by atoms with Gasteiger partial charge in [-0.05, 0) is 14.1 Å². The van der Waals surface area contributed by atoms with Crippen molar-refractivity contribution in [3.63, 3.8) is 0 Å². The van der Waals surface area contributed by atoms with Gasteiger partial charge in [-0.3, -0.25) is 4.79 Å². The standard InChI is InChI=1S/C7H14N2O4/c1-9(2)3-6(11)8-5(4-10)7(12)13/h5,10H,3-4H2,1-2H3,(H,8,11)(H,12,13)/t5-/m0/s1. The lowest BCUT2D eigenvalue weighted by atomic mass is 10.3. The maximum atomic E-state index is 11.0. The van der Waals surface area contributed by atoms with E-state index in [9.17, 15) is 9.59 Å². The number of hydrogen-bond donors (Lipinski definition) is 3. The molecular formula is C7H14N2O4. The number of likely N-dealkylation sites (N-methyl/N-ethyl adjacent to an activating group) is 1. The maximum absolute atomic E-state index is 11.0. The molecule has 0 saturated carbocycles. The quantitative estimate of drug-likeness (QED) is 0.471. The lowest BCUT2D eigenvalue weighted by Crippen LogP contribution is -2.46. The van der Waals surface area contributed by atoms with Gasteiger partial charge >= 0.3 is 5.97 Å². The highest BCUT2D eigenvalue weighted by atomic mass is 16.4. The first kappa shape index (κ1) is 11.9. The summed E-state index contributed by atoms with van der Waals surface area (Å²) in [6.45, 7) is -0.502. The second kappa shape index (κ2) is 5.50. The molecule has 1 amide bonds. The fourth-order valence-corrected chi connectivity index (χ4v) is 0.713. The molecule has 0 aliphatic carbocycles. The SMILES string of the molecule is CN(C)CC(=O)N[C@@H](CO)C(=O)O.